The van der Waals surface area contributed by atoms with Crippen molar-refractivity contribution in [3.8, 4) is 0 Å². The highest BCUT2D eigenvalue weighted by atomic mass is 35.5. The van der Waals surface area contributed by atoms with Gasteiger partial charge in [0.05, 0.1) is 0 Å². The molecule has 0 aliphatic rings. The van der Waals surface area contributed by atoms with Crippen LogP contribution in [0.15, 0.2) is 29.4 Å². The van der Waals surface area contributed by atoms with Crippen molar-refractivity contribution in [2.45, 2.75) is 6.18 Å². The second-order valence-electron chi connectivity index (χ2n) is 3.19. The number of hydrogen-bond donors (Lipinski definition) is 1. The molecule has 1 amide bonds. The first kappa shape index (κ1) is 14.3. The minimum absolute atomic E-state index is 0.124. The molecule has 0 fully saturated rings. The molecule has 1 rings (SSSR count). The number of hydrogen-bond acceptors (Lipinski definition) is 3. The van der Waals surface area contributed by atoms with Gasteiger partial charge in [0.1, 0.15) is 0 Å². The molecule has 98 valence electrons. The Morgan fingerprint density at radius 3 is 2.61 bits per heavy atom. The van der Waals surface area contributed by atoms with Crippen LogP contribution in [0.1, 0.15) is 5.56 Å². The maximum absolute atomic E-state index is 12.7. The fourth-order valence-corrected chi connectivity index (χ4v) is 1.25. The minimum Gasteiger partial charge on any atom is -0.385 e. The monoisotopic (exact) mass is 280 g/mol. The standard InChI is InChI=1S/C10H8ClF3N2O2/c11-7-3-1-2-6(4-7)9(10(12,13)14)16-18-5-8(15)17/h1-4H,5H2,(H2,15,17). The predicted octanol–water partition coefficient (Wildman–Crippen LogP) is 2.11. The summed E-state index contributed by atoms with van der Waals surface area (Å²) in [5.74, 6) is -0.925. The molecule has 0 heterocycles. The van der Waals surface area contributed by atoms with Gasteiger partial charge in [0.15, 0.2) is 12.3 Å². The van der Waals surface area contributed by atoms with Crippen LogP contribution >= 0.6 is 11.6 Å². The van der Waals surface area contributed by atoms with Gasteiger partial charge in [-0.05, 0) is 12.1 Å². The van der Waals surface area contributed by atoms with Gasteiger partial charge in [0.25, 0.3) is 5.91 Å². The predicted molar refractivity (Wildman–Crippen MR) is 59.2 cm³/mol. The summed E-state index contributed by atoms with van der Waals surface area (Å²) in [6.07, 6.45) is -4.73. The Labute approximate surface area is 105 Å². The molecular weight excluding hydrogens is 273 g/mol. The van der Waals surface area contributed by atoms with E-state index in [-0.39, 0.29) is 10.6 Å². The molecule has 0 spiro atoms. The van der Waals surface area contributed by atoms with E-state index >= 15 is 0 Å². The molecule has 0 unspecified atom stereocenters. The van der Waals surface area contributed by atoms with Gasteiger partial charge >= 0.3 is 6.18 Å². The highest BCUT2D eigenvalue weighted by Gasteiger charge is 2.38. The van der Waals surface area contributed by atoms with Gasteiger partial charge in [0.2, 0.25) is 0 Å². The highest BCUT2D eigenvalue weighted by molar-refractivity contribution is 6.31. The molecule has 0 aromatic heterocycles. The largest absolute Gasteiger partial charge is 0.437 e. The first-order valence-electron chi connectivity index (χ1n) is 4.62. The summed E-state index contributed by atoms with van der Waals surface area (Å²) in [5.41, 5.74) is 3.16. The molecule has 8 heteroatoms. The molecule has 0 saturated carbocycles. The topological polar surface area (TPSA) is 64.7 Å². The molecule has 18 heavy (non-hydrogen) atoms. The van der Waals surface area contributed by atoms with Crippen molar-refractivity contribution in [1.82, 2.24) is 0 Å². The summed E-state index contributed by atoms with van der Waals surface area (Å²) >= 11 is 5.59. The summed E-state index contributed by atoms with van der Waals surface area (Å²) in [4.78, 5) is 14.6. The molecule has 2 N–H and O–H groups in total. The Kier molecular flexibility index (Phi) is 4.55. The summed E-state index contributed by atoms with van der Waals surface area (Å²) in [7, 11) is 0. The van der Waals surface area contributed by atoms with Crippen molar-refractivity contribution in [2.75, 3.05) is 6.61 Å². The fraction of sp³-hybridized carbons (Fsp3) is 0.200. The van der Waals surface area contributed by atoms with Gasteiger partial charge in [-0.15, -0.1) is 0 Å². The molecule has 0 saturated heterocycles. The van der Waals surface area contributed by atoms with E-state index in [0.29, 0.717) is 0 Å². The first-order chi connectivity index (χ1) is 8.30. The van der Waals surface area contributed by atoms with Crippen molar-refractivity contribution in [2.24, 2.45) is 10.9 Å². The zero-order chi connectivity index (χ0) is 13.8. The average molecular weight is 281 g/mol. The van der Waals surface area contributed by atoms with Crippen LogP contribution in [0.5, 0.6) is 0 Å². The zero-order valence-corrected chi connectivity index (χ0v) is 9.63. The lowest BCUT2D eigenvalue weighted by Crippen LogP contribution is -2.25. The number of benzene rings is 1. The van der Waals surface area contributed by atoms with Crippen LogP contribution in [0.3, 0.4) is 0 Å². The normalized spacial score (nSPS) is 12.3. The van der Waals surface area contributed by atoms with Gasteiger partial charge in [-0.3, -0.25) is 4.79 Å². The van der Waals surface area contributed by atoms with E-state index in [1.807, 2.05) is 0 Å². The molecular formula is C10H8ClF3N2O2. The third kappa shape index (κ3) is 4.25. The van der Waals surface area contributed by atoms with Crippen LogP contribution in [-0.2, 0) is 9.63 Å². The number of primary amides is 1. The molecule has 0 radical (unpaired) electrons. The van der Waals surface area contributed by atoms with E-state index < -0.39 is 24.4 Å². The van der Waals surface area contributed by atoms with Gasteiger partial charge in [-0.2, -0.15) is 13.2 Å². The number of carbonyl (C=O) groups excluding carboxylic acids is 1. The van der Waals surface area contributed by atoms with Gasteiger partial charge in [-0.1, -0.05) is 28.9 Å². The van der Waals surface area contributed by atoms with Crippen LogP contribution in [-0.4, -0.2) is 24.4 Å². The second kappa shape index (κ2) is 5.72. The van der Waals surface area contributed by atoms with Crippen LogP contribution in [0.2, 0.25) is 5.02 Å². The SMILES string of the molecule is NC(=O)CON=C(c1cccc(Cl)c1)C(F)(F)F. The van der Waals surface area contributed by atoms with E-state index in [1.54, 1.807) is 0 Å². The Balaban J connectivity index is 3.03. The van der Waals surface area contributed by atoms with Gasteiger partial charge in [0, 0.05) is 10.6 Å². The van der Waals surface area contributed by atoms with E-state index in [9.17, 15) is 18.0 Å². The van der Waals surface area contributed by atoms with E-state index in [2.05, 4.69) is 9.99 Å². The first-order valence-corrected chi connectivity index (χ1v) is 5.00. The Bertz CT molecular complexity index is 474. The molecule has 1 aromatic rings. The lowest BCUT2D eigenvalue weighted by Gasteiger charge is -2.10. The third-order valence-corrected chi connectivity index (χ3v) is 1.96. The maximum Gasteiger partial charge on any atom is 0.437 e. The zero-order valence-electron chi connectivity index (χ0n) is 8.87. The molecule has 1 aromatic carbocycles. The van der Waals surface area contributed by atoms with Gasteiger partial charge < -0.3 is 10.6 Å². The minimum atomic E-state index is -4.73. The van der Waals surface area contributed by atoms with E-state index in [4.69, 9.17) is 17.3 Å². The number of nitrogens with zero attached hydrogens (tertiary/aromatic N) is 1. The molecule has 0 atom stereocenters. The Morgan fingerprint density at radius 2 is 2.11 bits per heavy atom. The number of rotatable bonds is 4. The number of oxime groups is 1. The smallest absolute Gasteiger partial charge is 0.385 e. The van der Waals surface area contributed by atoms with Crippen molar-refractivity contribution in [1.29, 1.82) is 0 Å². The number of carbonyl (C=O) groups is 1. The van der Waals surface area contributed by atoms with Crippen LogP contribution in [0, 0.1) is 0 Å². The average Bonchev–Trinajstić information content (AvgIpc) is 2.22. The third-order valence-electron chi connectivity index (χ3n) is 1.73. The van der Waals surface area contributed by atoms with Gasteiger partial charge in [-0.25, -0.2) is 0 Å². The fourth-order valence-electron chi connectivity index (χ4n) is 1.06. The quantitative estimate of drug-likeness (QED) is 0.678. The summed E-state index contributed by atoms with van der Waals surface area (Å²) < 4.78 is 38.1. The number of nitrogens with two attached hydrogens (primary N) is 1. The summed E-state index contributed by atoms with van der Waals surface area (Å²) in [6, 6.07) is 5.02. The molecule has 0 aliphatic heterocycles. The van der Waals surface area contributed by atoms with E-state index in [1.165, 1.54) is 18.2 Å². The number of alkyl halides is 3. The lowest BCUT2D eigenvalue weighted by molar-refractivity contribution is -0.122. The van der Waals surface area contributed by atoms with Crippen molar-refractivity contribution in [3.05, 3.63) is 34.9 Å². The number of amides is 1. The summed E-state index contributed by atoms with van der Waals surface area (Å²) in [6.45, 7) is -0.736. The van der Waals surface area contributed by atoms with Crippen molar-refractivity contribution in [3.63, 3.8) is 0 Å². The summed E-state index contributed by atoms with van der Waals surface area (Å²) in [5, 5.41) is 3.00. The number of halogens is 4. The van der Waals surface area contributed by atoms with Crippen LogP contribution in [0.25, 0.3) is 0 Å². The molecule has 4 nitrogen and oxygen atoms in total. The Hall–Kier alpha value is -1.76. The maximum atomic E-state index is 12.7. The highest BCUT2D eigenvalue weighted by Crippen LogP contribution is 2.24. The van der Waals surface area contributed by atoms with Crippen molar-refractivity contribution >= 4 is 23.2 Å². The van der Waals surface area contributed by atoms with Crippen LogP contribution < -0.4 is 5.73 Å². The van der Waals surface area contributed by atoms with Crippen molar-refractivity contribution < 1.29 is 22.8 Å². The second-order valence-corrected chi connectivity index (χ2v) is 3.62. The van der Waals surface area contributed by atoms with E-state index in [0.717, 1.165) is 6.07 Å². The lowest BCUT2D eigenvalue weighted by atomic mass is 10.1. The molecule has 0 aliphatic carbocycles. The van der Waals surface area contributed by atoms with Crippen LogP contribution in [0.4, 0.5) is 13.2 Å². The Morgan fingerprint density at radius 1 is 1.44 bits per heavy atom. The molecule has 0 bridgehead atoms.